The lowest BCUT2D eigenvalue weighted by Crippen LogP contribution is -2.17. The number of rotatable bonds is 2. The van der Waals surface area contributed by atoms with Crippen LogP contribution in [-0.4, -0.2) is 11.9 Å². The number of hydrogen-bond acceptors (Lipinski definition) is 1. The molecule has 0 fully saturated rings. The lowest BCUT2D eigenvalue weighted by molar-refractivity contribution is 0.515. The van der Waals surface area contributed by atoms with Crippen molar-refractivity contribution in [1.82, 2.24) is 0 Å². The van der Waals surface area contributed by atoms with E-state index in [0.717, 1.165) is 25.8 Å². The molecule has 0 aromatic heterocycles. The summed E-state index contributed by atoms with van der Waals surface area (Å²) in [6.45, 7) is 2.96. The first kappa shape index (κ1) is 9.08. The molecule has 0 saturated carbocycles. The van der Waals surface area contributed by atoms with Gasteiger partial charge in [0.15, 0.2) is 0 Å². The molecule has 0 aromatic carbocycles. The largest absolute Gasteiger partial charge is 0.330 e. The lowest BCUT2D eigenvalue weighted by atomic mass is 9.89. The maximum absolute atomic E-state index is 6.12. The Morgan fingerprint density at radius 3 is 3.00 bits per heavy atom. The molecule has 0 saturated heterocycles. The molecule has 1 aliphatic carbocycles. The highest BCUT2D eigenvalue weighted by molar-refractivity contribution is 6.21. The zero-order valence-electron chi connectivity index (χ0n) is 7.02. The summed E-state index contributed by atoms with van der Waals surface area (Å²) in [4.78, 5) is 0. The zero-order chi connectivity index (χ0) is 8.27. The summed E-state index contributed by atoms with van der Waals surface area (Å²) in [6, 6.07) is 0. The molecule has 0 bridgehead atoms. The van der Waals surface area contributed by atoms with Crippen LogP contribution in [0.3, 0.4) is 0 Å². The highest BCUT2D eigenvalue weighted by Crippen LogP contribution is 2.28. The molecule has 0 spiro atoms. The fraction of sp³-hybridized carbons (Fsp3) is 0.778. The van der Waals surface area contributed by atoms with E-state index in [1.165, 1.54) is 5.57 Å². The van der Waals surface area contributed by atoms with Crippen molar-refractivity contribution in [2.75, 3.05) is 6.54 Å². The Bertz CT molecular complexity index is 154. The van der Waals surface area contributed by atoms with Crippen molar-refractivity contribution in [3.05, 3.63) is 11.6 Å². The van der Waals surface area contributed by atoms with Crippen molar-refractivity contribution in [2.45, 2.75) is 31.6 Å². The van der Waals surface area contributed by atoms with Crippen molar-refractivity contribution < 1.29 is 0 Å². The van der Waals surface area contributed by atoms with Crippen LogP contribution in [0.2, 0.25) is 0 Å². The van der Waals surface area contributed by atoms with Crippen LogP contribution in [0.15, 0.2) is 11.6 Å². The minimum absolute atomic E-state index is 0.335. The number of allylic oxidation sites excluding steroid dienone is 1. The van der Waals surface area contributed by atoms with E-state index >= 15 is 0 Å². The van der Waals surface area contributed by atoms with Crippen molar-refractivity contribution in [3.63, 3.8) is 0 Å². The van der Waals surface area contributed by atoms with Crippen LogP contribution >= 0.6 is 11.6 Å². The zero-order valence-corrected chi connectivity index (χ0v) is 7.77. The molecule has 2 atom stereocenters. The topological polar surface area (TPSA) is 26.0 Å². The van der Waals surface area contributed by atoms with Gasteiger partial charge in [-0.05, 0) is 31.7 Å². The normalized spacial score (nSPS) is 31.7. The summed E-state index contributed by atoms with van der Waals surface area (Å²) in [5.74, 6) is 0.637. The molecule has 64 valence electrons. The van der Waals surface area contributed by atoms with Gasteiger partial charge in [0, 0.05) is 5.38 Å². The summed E-state index contributed by atoms with van der Waals surface area (Å²) in [6.07, 6.45) is 5.50. The summed E-state index contributed by atoms with van der Waals surface area (Å²) < 4.78 is 0. The quantitative estimate of drug-likeness (QED) is 0.504. The second-order valence-electron chi connectivity index (χ2n) is 3.33. The van der Waals surface area contributed by atoms with Crippen LogP contribution in [0.4, 0.5) is 0 Å². The van der Waals surface area contributed by atoms with Gasteiger partial charge in [0.1, 0.15) is 0 Å². The predicted octanol–water partition coefficient (Wildman–Crippen LogP) is 2.30. The number of halogens is 1. The molecule has 1 nitrogen and oxygen atoms in total. The summed E-state index contributed by atoms with van der Waals surface area (Å²) >= 11 is 6.12. The van der Waals surface area contributed by atoms with Gasteiger partial charge in [-0.25, -0.2) is 0 Å². The van der Waals surface area contributed by atoms with Crippen molar-refractivity contribution >= 4 is 11.6 Å². The van der Waals surface area contributed by atoms with Gasteiger partial charge in [0.25, 0.3) is 0 Å². The van der Waals surface area contributed by atoms with E-state index in [4.69, 9.17) is 17.3 Å². The van der Waals surface area contributed by atoms with Gasteiger partial charge in [-0.3, -0.25) is 0 Å². The second-order valence-corrected chi connectivity index (χ2v) is 3.89. The molecule has 0 amide bonds. The van der Waals surface area contributed by atoms with Gasteiger partial charge < -0.3 is 5.73 Å². The van der Waals surface area contributed by atoms with Crippen molar-refractivity contribution in [1.29, 1.82) is 0 Å². The minimum atomic E-state index is 0.335. The first-order valence-electron chi connectivity index (χ1n) is 4.26. The molecule has 1 rings (SSSR count). The minimum Gasteiger partial charge on any atom is -0.330 e. The van der Waals surface area contributed by atoms with Crippen LogP contribution in [-0.2, 0) is 0 Å². The van der Waals surface area contributed by atoms with E-state index in [0.29, 0.717) is 11.3 Å². The van der Waals surface area contributed by atoms with E-state index in [1.54, 1.807) is 0 Å². The first-order valence-corrected chi connectivity index (χ1v) is 4.69. The molecule has 0 aliphatic heterocycles. The summed E-state index contributed by atoms with van der Waals surface area (Å²) in [5.41, 5.74) is 6.91. The lowest BCUT2D eigenvalue weighted by Gasteiger charge is -2.23. The third kappa shape index (κ3) is 2.49. The Hall–Kier alpha value is -0.0100. The molecular weight excluding hydrogens is 158 g/mol. The van der Waals surface area contributed by atoms with E-state index < -0.39 is 0 Å². The average Bonchev–Trinajstić information content (AvgIpc) is 1.98. The molecule has 2 unspecified atom stereocenters. The summed E-state index contributed by atoms with van der Waals surface area (Å²) in [7, 11) is 0. The smallest absolute Gasteiger partial charge is 0.0401 e. The highest BCUT2D eigenvalue weighted by Gasteiger charge is 2.19. The van der Waals surface area contributed by atoms with Crippen LogP contribution in [0, 0.1) is 5.92 Å². The Labute approximate surface area is 73.6 Å². The molecule has 1 aliphatic rings. The molecule has 11 heavy (non-hydrogen) atoms. The fourth-order valence-corrected chi connectivity index (χ4v) is 1.73. The first-order chi connectivity index (χ1) is 5.24. The van der Waals surface area contributed by atoms with Crippen LogP contribution in [0.25, 0.3) is 0 Å². The SMILES string of the molecule is CC1CC=C(CCN)CC1Cl. The van der Waals surface area contributed by atoms with E-state index in [9.17, 15) is 0 Å². The van der Waals surface area contributed by atoms with Crippen molar-refractivity contribution in [2.24, 2.45) is 11.7 Å². The van der Waals surface area contributed by atoms with E-state index in [2.05, 4.69) is 13.0 Å². The van der Waals surface area contributed by atoms with Crippen molar-refractivity contribution in [3.8, 4) is 0 Å². The Balaban J connectivity index is 2.45. The fourth-order valence-electron chi connectivity index (χ4n) is 1.42. The van der Waals surface area contributed by atoms with Gasteiger partial charge in [0.05, 0.1) is 0 Å². The van der Waals surface area contributed by atoms with Gasteiger partial charge in [-0.1, -0.05) is 18.6 Å². The maximum Gasteiger partial charge on any atom is 0.0401 e. The van der Waals surface area contributed by atoms with Gasteiger partial charge in [-0.15, -0.1) is 11.6 Å². The monoisotopic (exact) mass is 173 g/mol. The third-order valence-corrected chi connectivity index (χ3v) is 2.90. The van der Waals surface area contributed by atoms with E-state index in [1.807, 2.05) is 0 Å². The standard InChI is InChI=1S/C9H16ClN/c1-7-2-3-8(4-5-11)6-9(7)10/h3,7,9H,2,4-6,11H2,1H3. The predicted molar refractivity (Wildman–Crippen MR) is 49.8 cm³/mol. The number of nitrogens with two attached hydrogens (primary N) is 1. The van der Waals surface area contributed by atoms with E-state index in [-0.39, 0.29) is 0 Å². The van der Waals surface area contributed by atoms with Crippen LogP contribution in [0.5, 0.6) is 0 Å². The molecule has 0 heterocycles. The Morgan fingerprint density at radius 2 is 2.45 bits per heavy atom. The molecule has 0 aromatic rings. The summed E-state index contributed by atoms with van der Waals surface area (Å²) in [5, 5.41) is 0.335. The maximum atomic E-state index is 6.12. The second kappa shape index (κ2) is 4.13. The van der Waals surface area contributed by atoms with Gasteiger partial charge in [0.2, 0.25) is 0 Å². The molecule has 2 N–H and O–H groups in total. The molecular formula is C9H16ClN. The number of alkyl halides is 1. The molecule has 0 radical (unpaired) electrons. The van der Waals surface area contributed by atoms with Crippen LogP contribution in [0.1, 0.15) is 26.2 Å². The number of hydrogen-bond donors (Lipinski definition) is 1. The van der Waals surface area contributed by atoms with Crippen LogP contribution < -0.4 is 5.73 Å². The third-order valence-electron chi connectivity index (χ3n) is 2.32. The van der Waals surface area contributed by atoms with Gasteiger partial charge in [-0.2, -0.15) is 0 Å². The molecule has 2 heteroatoms. The van der Waals surface area contributed by atoms with Gasteiger partial charge >= 0.3 is 0 Å². The highest BCUT2D eigenvalue weighted by atomic mass is 35.5. The average molecular weight is 174 g/mol. The Kier molecular flexibility index (Phi) is 3.41. The Morgan fingerprint density at radius 1 is 1.73 bits per heavy atom.